The van der Waals surface area contributed by atoms with Gasteiger partial charge in [-0.1, -0.05) is 11.3 Å². The van der Waals surface area contributed by atoms with Crippen molar-refractivity contribution in [1.29, 1.82) is 0 Å². The molecule has 0 bridgehead atoms. The zero-order chi connectivity index (χ0) is 19.8. The molecule has 3 rings (SSSR count). The zero-order valence-electron chi connectivity index (χ0n) is 14.2. The molecular formula is C16H17F3N4O3S. The van der Waals surface area contributed by atoms with Crippen LogP contribution in [-0.2, 0) is 9.59 Å². The van der Waals surface area contributed by atoms with Crippen LogP contribution in [0.2, 0.25) is 0 Å². The van der Waals surface area contributed by atoms with Crippen LogP contribution in [0.1, 0.15) is 19.8 Å². The van der Waals surface area contributed by atoms with Crippen LogP contribution in [0, 0.1) is 0 Å². The lowest BCUT2D eigenvalue weighted by molar-refractivity contribution is -0.274. The standard InChI is InChI=1S/C16H17F3N4O3S/c1-8(20)14(25)23-6-2-3-11(23)13(24)22-15-21-10-5-4-9(7-12(10)27-15)26-16(17,18)19/h4-5,7-8,11H,2-3,6,20H2,1H3,(H,21,22,24)/t8?,11-/m0/s1. The number of nitrogens with zero attached hydrogens (tertiary/aromatic N) is 2. The molecule has 7 nitrogen and oxygen atoms in total. The minimum absolute atomic E-state index is 0.235. The lowest BCUT2D eigenvalue weighted by Crippen LogP contribution is -2.48. The number of aromatic nitrogens is 1. The molecule has 27 heavy (non-hydrogen) atoms. The van der Waals surface area contributed by atoms with E-state index in [9.17, 15) is 22.8 Å². The lowest BCUT2D eigenvalue weighted by Gasteiger charge is -2.25. The Morgan fingerprint density at radius 1 is 1.44 bits per heavy atom. The highest BCUT2D eigenvalue weighted by Gasteiger charge is 2.35. The normalized spacial score (nSPS) is 18.6. The molecule has 1 fully saturated rings. The zero-order valence-corrected chi connectivity index (χ0v) is 15.1. The van der Waals surface area contributed by atoms with Crippen LogP contribution in [0.5, 0.6) is 5.75 Å². The fourth-order valence-electron chi connectivity index (χ4n) is 2.91. The van der Waals surface area contributed by atoms with Gasteiger partial charge < -0.3 is 20.7 Å². The number of alkyl halides is 3. The molecule has 2 amide bonds. The number of fused-ring (bicyclic) bond motifs is 1. The molecule has 11 heteroatoms. The van der Waals surface area contributed by atoms with E-state index >= 15 is 0 Å². The second-order valence-electron chi connectivity index (χ2n) is 6.16. The number of nitrogens with two attached hydrogens (primary N) is 1. The molecule has 2 aromatic rings. The largest absolute Gasteiger partial charge is 0.573 e. The average Bonchev–Trinajstić information content (AvgIpc) is 3.18. The summed E-state index contributed by atoms with van der Waals surface area (Å²) in [5.74, 6) is -1.06. The third-order valence-corrected chi connectivity index (χ3v) is 4.99. The molecule has 0 aliphatic carbocycles. The quantitative estimate of drug-likeness (QED) is 0.819. The number of ether oxygens (including phenoxy) is 1. The molecule has 146 valence electrons. The van der Waals surface area contributed by atoms with Crippen LogP contribution in [0.25, 0.3) is 10.2 Å². The van der Waals surface area contributed by atoms with Crippen molar-refractivity contribution in [3.05, 3.63) is 18.2 Å². The van der Waals surface area contributed by atoms with Crippen LogP contribution >= 0.6 is 11.3 Å². The summed E-state index contributed by atoms with van der Waals surface area (Å²) >= 11 is 1.02. The number of carbonyl (C=O) groups excluding carboxylic acids is 2. The van der Waals surface area contributed by atoms with Gasteiger partial charge >= 0.3 is 6.36 Å². The van der Waals surface area contributed by atoms with E-state index in [4.69, 9.17) is 5.73 Å². The fraction of sp³-hybridized carbons (Fsp3) is 0.438. The van der Waals surface area contributed by atoms with E-state index in [0.717, 1.165) is 17.4 Å². The first-order valence-corrected chi connectivity index (χ1v) is 8.99. The molecule has 1 aromatic heterocycles. The number of carbonyl (C=O) groups is 2. The van der Waals surface area contributed by atoms with Crippen LogP contribution in [-0.4, -0.2) is 46.7 Å². The second kappa shape index (κ2) is 7.31. The lowest BCUT2D eigenvalue weighted by atomic mass is 10.2. The Balaban J connectivity index is 1.74. The Morgan fingerprint density at radius 3 is 2.85 bits per heavy atom. The first-order valence-electron chi connectivity index (χ1n) is 8.17. The Morgan fingerprint density at radius 2 is 2.19 bits per heavy atom. The van der Waals surface area contributed by atoms with Gasteiger partial charge in [-0.25, -0.2) is 4.98 Å². The molecule has 0 spiro atoms. The van der Waals surface area contributed by atoms with Crippen molar-refractivity contribution >= 4 is 38.5 Å². The third kappa shape index (κ3) is 4.48. The summed E-state index contributed by atoms with van der Waals surface area (Å²) in [6, 6.07) is 2.40. The molecule has 1 aromatic carbocycles. The van der Waals surface area contributed by atoms with Crippen molar-refractivity contribution in [1.82, 2.24) is 9.88 Å². The molecule has 1 aliphatic rings. The average molecular weight is 402 g/mol. The number of amides is 2. The van der Waals surface area contributed by atoms with Crippen molar-refractivity contribution in [2.45, 2.75) is 38.2 Å². The summed E-state index contributed by atoms with van der Waals surface area (Å²) < 4.78 is 41.3. The van der Waals surface area contributed by atoms with Gasteiger partial charge in [0, 0.05) is 12.6 Å². The van der Waals surface area contributed by atoms with E-state index in [1.165, 1.54) is 17.0 Å². The Labute approximate surface area is 156 Å². The van der Waals surface area contributed by atoms with Gasteiger partial charge in [-0.3, -0.25) is 9.59 Å². The molecule has 1 unspecified atom stereocenters. The molecule has 0 radical (unpaired) electrons. The number of benzene rings is 1. The summed E-state index contributed by atoms with van der Waals surface area (Å²) in [5.41, 5.74) is 6.04. The predicted molar refractivity (Wildman–Crippen MR) is 93.3 cm³/mol. The van der Waals surface area contributed by atoms with Crippen LogP contribution < -0.4 is 15.8 Å². The maximum atomic E-state index is 12.5. The van der Waals surface area contributed by atoms with Gasteiger partial charge in [0.1, 0.15) is 11.8 Å². The maximum absolute atomic E-state index is 12.5. The molecule has 1 saturated heterocycles. The number of hydrogen-bond donors (Lipinski definition) is 2. The van der Waals surface area contributed by atoms with Crippen molar-refractivity contribution < 1.29 is 27.5 Å². The van der Waals surface area contributed by atoms with Crippen molar-refractivity contribution in [3.63, 3.8) is 0 Å². The summed E-state index contributed by atoms with van der Waals surface area (Å²) in [7, 11) is 0. The summed E-state index contributed by atoms with van der Waals surface area (Å²) in [6.07, 6.45) is -3.58. The highest BCUT2D eigenvalue weighted by Crippen LogP contribution is 2.32. The van der Waals surface area contributed by atoms with Gasteiger partial charge in [0.15, 0.2) is 5.13 Å². The van der Waals surface area contributed by atoms with Crippen molar-refractivity contribution in [3.8, 4) is 5.75 Å². The number of nitrogens with one attached hydrogen (secondary N) is 1. The summed E-state index contributed by atoms with van der Waals surface area (Å²) in [4.78, 5) is 30.3. The number of halogens is 3. The van der Waals surface area contributed by atoms with Gasteiger partial charge in [0.25, 0.3) is 0 Å². The van der Waals surface area contributed by atoms with Gasteiger partial charge in [0.2, 0.25) is 11.8 Å². The minimum atomic E-state index is -4.78. The molecule has 3 N–H and O–H groups in total. The van der Waals surface area contributed by atoms with E-state index in [-0.39, 0.29) is 16.8 Å². The molecule has 2 heterocycles. The maximum Gasteiger partial charge on any atom is 0.573 e. The van der Waals surface area contributed by atoms with Crippen molar-refractivity contribution in [2.75, 3.05) is 11.9 Å². The first kappa shape index (κ1) is 19.4. The third-order valence-electron chi connectivity index (χ3n) is 4.05. The van der Waals surface area contributed by atoms with Gasteiger partial charge in [-0.15, -0.1) is 13.2 Å². The second-order valence-corrected chi connectivity index (χ2v) is 7.19. The monoisotopic (exact) mass is 402 g/mol. The smallest absolute Gasteiger partial charge is 0.406 e. The van der Waals surface area contributed by atoms with E-state index in [1.54, 1.807) is 6.92 Å². The number of thiazole rings is 1. The Bertz CT molecular complexity index is 868. The predicted octanol–water partition coefficient (Wildman–Crippen LogP) is 2.47. The SMILES string of the molecule is CC(N)C(=O)N1CCC[C@H]1C(=O)Nc1nc2ccc(OC(F)(F)F)cc2s1. The number of anilines is 1. The molecule has 2 atom stereocenters. The van der Waals surface area contributed by atoms with Crippen molar-refractivity contribution in [2.24, 2.45) is 5.73 Å². The molecule has 0 saturated carbocycles. The molecule has 1 aliphatic heterocycles. The Kier molecular flexibility index (Phi) is 5.24. The minimum Gasteiger partial charge on any atom is -0.406 e. The summed E-state index contributed by atoms with van der Waals surface area (Å²) in [5, 5.41) is 2.87. The fourth-order valence-corrected chi connectivity index (χ4v) is 3.81. The van der Waals surface area contributed by atoms with E-state index in [2.05, 4.69) is 15.0 Å². The van der Waals surface area contributed by atoms with E-state index < -0.39 is 24.4 Å². The van der Waals surface area contributed by atoms with E-state index in [0.29, 0.717) is 29.6 Å². The van der Waals surface area contributed by atoms with Crippen LogP contribution in [0.3, 0.4) is 0 Å². The van der Waals surface area contributed by atoms with Gasteiger partial charge in [0.05, 0.1) is 16.3 Å². The van der Waals surface area contributed by atoms with Crippen LogP contribution in [0.15, 0.2) is 18.2 Å². The van der Waals surface area contributed by atoms with Gasteiger partial charge in [-0.2, -0.15) is 0 Å². The highest BCUT2D eigenvalue weighted by atomic mass is 32.1. The number of likely N-dealkylation sites (tertiary alicyclic amines) is 1. The first-order chi connectivity index (χ1) is 12.6. The topological polar surface area (TPSA) is 97.6 Å². The van der Waals surface area contributed by atoms with Crippen LogP contribution in [0.4, 0.5) is 18.3 Å². The van der Waals surface area contributed by atoms with Gasteiger partial charge in [-0.05, 0) is 31.9 Å². The number of rotatable bonds is 4. The van der Waals surface area contributed by atoms with E-state index in [1.807, 2.05) is 0 Å². The highest BCUT2D eigenvalue weighted by molar-refractivity contribution is 7.22. The summed E-state index contributed by atoms with van der Waals surface area (Å²) in [6.45, 7) is 2.01. The number of hydrogen-bond acceptors (Lipinski definition) is 6. The molecular weight excluding hydrogens is 385 g/mol. The Hall–Kier alpha value is -2.40.